The van der Waals surface area contributed by atoms with E-state index in [0.29, 0.717) is 23.1 Å². The first-order valence-corrected chi connectivity index (χ1v) is 9.90. The van der Waals surface area contributed by atoms with Crippen molar-refractivity contribution in [2.24, 2.45) is 0 Å². The summed E-state index contributed by atoms with van der Waals surface area (Å²) >= 11 is 0. The molecule has 5 nitrogen and oxygen atoms in total. The van der Waals surface area contributed by atoms with Gasteiger partial charge in [-0.15, -0.1) is 0 Å². The van der Waals surface area contributed by atoms with E-state index in [1.54, 1.807) is 36.2 Å². The second-order valence-electron chi connectivity index (χ2n) is 7.50. The van der Waals surface area contributed by atoms with Crippen molar-refractivity contribution in [2.75, 3.05) is 7.05 Å². The maximum atomic E-state index is 13.9. The van der Waals surface area contributed by atoms with E-state index in [2.05, 4.69) is 5.32 Å². The summed E-state index contributed by atoms with van der Waals surface area (Å²) in [5, 5.41) is 11.8. The molecule has 2 atom stereocenters. The third kappa shape index (κ3) is 4.48. The number of carbonyl (C=O) groups excluding carboxylic acids is 2. The van der Waals surface area contributed by atoms with E-state index < -0.39 is 17.2 Å². The number of carbonyl (C=O) groups is 2. The molecule has 0 bridgehead atoms. The van der Waals surface area contributed by atoms with Crippen LogP contribution in [0.15, 0.2) is 36.4 Å². The quantitative estimate of drug-likeness (QED) is 0.808. The molecule has 0 saturated heterocycles. The summed E-state index contributed by atoms with van der Waals surface area (Å²) in [6.45, 7) is 1.81. The van der Waals surface area contributed by atoms with Gasteiger partial charge in [-0.25, -0.2) is 8.78 Å². The highest BCUT2D eigenvalue weighted by molar-refractivity contribution is 5.94. The number of halogens is 2. The van der Waals surface area contributed by atoms with E-state index in [9.17, 15) is 18.4 Å². The van der Waals surface area contributed by atoms with Crippen LogP contribution in [0.5, 0.6) is 0 Å². The van der Waals surface area contributed by atoms with Crippen molar-refractivity contribution in [2.45, 2.75) is 44.7 Å². The van der Waals surface area contributed by atoms with Gasteiger partial charge in [0.1, 0.15) is 23.3 Å². The summed E-state index contributed by atoms with van der Waals surface area (Å²) < 4.78 is 27.7. The molecule has 0 heterocycles. The van der Waals surface area contributed by atoms with Gasteiger partial charge in [-0.2, -0.15) is 5.26 Å². The molecule has 0 radical (unpaired) electrons. The fraction of sp³-hybridized carbons (Fsp3) is 0.348. The molecule has 30 heavy (non-hydrogen) atoms. The number of hydrogen-bond acceptors (Lipinski definition) is 3. The first-order valence-electron chi connectivity index (χ1n) is 9.90. The zero-order chi connectivity index (χ0) is 21.8. The largest absolute Gasteiger partial charge is 0.353 e. The Morgan fingerprint density at radius 1 is 1.13 bits per heavy atom. The second kappa shape index (κ2) is 9.04. The van der Waals surface area contributed by atoms with E-state index in [1.165, 1.54) is 6.07 Å². The third-order valence-corrected chi connectivity index (χ3v) is 5.58. The van der Waals surface area contributed by atoms with Crippen LogP contribution in [0.4, 0.5) is 8.78 Å². The smallest absolute Gasteiger partial charge is 0.253 e. The van der Waals surface area contributed by atoms with Gasteiger partial charge in [0.2, 0.25) is 5.91 Å². The molecule has 0 aliphatic heterocycles. The Hall–Kier alpha value is -3.27. The molecular formula is C23H23F2N3O2. The average Bonchev–Trinajstić information content (AvgIpc) is 3.20. The van der Waals surface area contributed by atoms with Crippen LogP contribution >= 0.6 is 0 Å². The van der Waals surface area contributed by atoms with Crippen LogP contribution in [0, 0.1) is 23.0 Å². The van der Waals surface area contributed by atoms with Gasteiger partial charge in [0, 0.05) is 31.1 Å². The molecule has 1 saturated carbocycles. The predicted octanol–water partition coefficient (Wildman–Crippen LogP) is 4.02. The van der Waals surface area contributed by atoms with Gasteiger partial charge in [0.15, 0.2) is 0 Å². The van der Waals surface area contributed by atoms with E-state index in [1.807, 2.05) is 6.92 Å². The Balaban J connectivity index is 1.70. The minimum absolute atomic E-state index is 0.0147. The van der Waals surface area contributed by atoms with E-state index in [0.717, 1.165) is 31.4 Å². The first-order chi connectivity index (χ1) is 14.3. The van der Waals surface area contributed by atoms with Crippen molar-refractivity contribution >= 4 is 11.8 Å². The highest BCUT2D eigenvalue weighted by Gasteiger charge is 2.30. The van der Waals surface area contributed by atoms with E-state index in [4.69, 9.17) is 5.26 Å². The molecule has 1 aliphatic carbocycles. The Morgan fingerprint density at radius 2 is 1.77 bits per heavy atom. The number of nitriles is 1. The van der Waals surface area contributed by atoms with Crippen LogP contribution in [0.25, 0.3) is 11.1 Å². The molecule has 0 unspecified atom stereocenters. The lowest BCUT2D eigenvalue weighted by Crippen LogP contribution is -2.38. The Kier molecular flexibility index (Phi) is 6.46. The van der Waals surface area contributed by atoms with Crippen molar-refractivity contribution in [3.8, 4) is 17.2 Å². The van der Waals surface area contributed by atoms with Crippen molar-refractivity contribution in [1.82, 2.24) is 10.2 Å². The highest BCUT2D eigenvalue weighted by atomic mass is 19.1. The number of benzene rings is 2. The molecule has 2 aromatic rings. The van der Waals surface area contributed by atoms with Gasteiger partial charge in [0.05, 0.1) is 0 Å². The van der Waals surface area contributed by atoms with Crippen molar-refractivity contribution in [3.63, 3.8) is 0 Å². The van der Waals surface area contributed by atoms with Gasteiger partial charge in [-0.1, -0.05) is 19.1 Å². The first kappa shape index (κ1) is 21.4. The average molecular weight is 411 g/mol. The number of nitrogens with zero attached hydrogens (tertiary/aromatic N) is 2. The highest BCUT2D eigenvalue weighted by Crippen LogP contribution is 2.27. The third-order valence-electron chi connectivity index (χ3n) is 5.58. The predicted molar refractivity (Wildman–Crippen MR) is 108 cm³/mol. The molecule has 7 heteroatoms. The molecule has 156 valence electrons. The zero-order valence-electron chi connectivity index (χ0n) is 16.9. The lowest BCUT2D eigenvalue weighted by molar-refractivity contribution is -0.121. The Bertz CT molecular complexity index is 975. The van der Waals surface area contributed by atoms with Crippen molar-refractivity contribution in [3.05, 3.63) is 59.2 Å². The standard InChI is InChI=1S/C23H23F2N3O2/c1-3-22(29)27-17-8-9-18(12-17)28(2)23(30)15-6-4-14(5-7-15)16-10-20(24)19(13-26)21(25)11-16/h4-7,10-11,17-18H,3,8-9,12H2,1-2H3,(H,27,29)/t17-,18+/m1/s1. The van der Waals surface area contributed by atoms with Crippen molar-refractivity contribution < 1.29 is 18.4 Å². The Labute approximate surface area is 174 Å². The fourth-order valence-electron chi connectivity index (χ4n) is 3.79. The molecule has 0 aromatic heterocycles. The maximum absolute atomic E-state index is 13.9. The van der Waals surface area contributed by atoms with Crippen LogP contribution in [-0.4, -0.2) is 35.8 Å². The van der Waals surface area contributed by atoms with Crippen LogP contribution < -0.4 is 5.32 Å². The number of rotatable bonds is 5. The maximum Gasteiger partial charge on any atom is 0.253 e. The summed E-state index contributed by atoms with van der Waals surface area (Å²) in [5.41, 5.74) is 0.690. The summed E-state index contributed by atoms with van der Waals surface area (Å²) in [4.78, 5) is 26.1. The zero-order valence-corrected chi connectivity index (χ0v) is 16.9. The molecule has 1 N–H and O–H groups in total. The van der Waals surface area contributed by atoms with E-state index in [-0.39, 0.29) is 23.9 Å². The molecule has 1 fully saturated rings. The Morgan fingerprint density at radius 3 is 2.33 bits per heavy atom. The lowest BCUT2D eigenvalue weighted by Gasteiger charge is -2.25. The normalized spacial score (nSPS) is 18.0. The van der Waals surface area contributed by atoms with Gasteiger partial charge < -0.3 is 10.2 Å². The molecular weight excluding hydrogens is 388 g/mol. The van der Waals surface area contributed by atoms with Gasteiger partial charge in [-0.05, 0) is 54.7 Å². The van der Waals surface area contributed by atoms with Gasteiger partial charge >= 0.3 is 0 Å². The molecule has 1 aliphatic rings. The molecule has 2 aromatic carbocycles. The summed E-state index contributed by atoms with van der Waals surface area (Å²) in [7, 11) is 1.75. The van der Waals surface area contributed by atoms with Crippen LogP contribution in [0.2, 0.25) is 0 Å². The van der Waals surface area contributed by atoms with Crippen LogP contribution in [0.1, 0.15) is 48.5 Å². The summed E-state index contributed by atoms with van der Waals surface area (Å²) in [6.07, 6.45) is 2.81. The number of nitrogens with one attached hydrogen (secondary N) is 1. The SMILES string of the molecule is CCC(=O)N[C@@H]1CC[C@H](N(C)C(=O)c2ccc(-c3cc(F)c(C#N)c(F)c3)cc2)C1. The monoisotopic (exact) mass is 411 g/mol. The van der Waals surface area contributed by atoms with Crippen LogP contribution in [0.3, 0.4) is 0 Å². The van der Waals surface area contributed by atoms with Gasteiger partial charge in [-0.3, -0.25) is 9.59 Å². The molecule has 0 spiro atoms. The number of amides is 2. The van der Waals surface area contributed by atoms with Crippen LogP contribution in [-0.2, 0) is 4.79 Å². The summed E-state index contributed by atoms with van der Waals surface area (Å²) in [5.74, 6) is -1.97. The van der Waals surface area contributed by atoms with Crippen molar-refractivity contribution in [1.29, 1.82) is 5.26 Å². The number of hydrogen-bond donors (Lipinski definition) is 1. The van der Waals surface area contributed by atoms with E-state index >= 15 is 0 Å². The fourth-order valence-corrected chi connectivity index (χ4v) is 3.79. The minimum atomic E-state index is -0.918. The molecule has 2 amide bonds. The minimum Gasteiger partial charge on any atom is -0.353 e. The lowest BCUT2D eigenvalue weighted by atomic mass is 10.0. The van der Waals surface area contributed by atoms with Gasteiger partial charge in [0.25, 0.3) is 5.91 Å². The summed E-state index contributed by atoms with van der Waals surface area (Å²) in [6, 6.07) is 10.3. The second-order valence-corrected chi connectivity index (χ2v) is 7.50. The topological polar surface area (TPSA) is 73.2 Å². The molecule has 3 rings (SSSR count).